The van der Waals surface area contributed by atoms with Crippen molar-refractivity contribution in [2.24, 2.45) is 0 Å². The second kappa shape index (κ2) is 9.45. The molecule has 23 heavy (non-hydrogen) atoms. The molecular weight excluding hydrogens is 424 g/mol. The number of hydrogen-bond donors (Lipinski definition) is 0. The van der Waals surface area contributed by atoms with Crippen LogP contribution in [-0.2, 0) is 6.54 Å². The molecule has 4 nitrogen and oxygen atoms in total. The van der Waals surface area contributed by atoms with Gasteiger partial charge in [0.1, 0.15) is 0 Å². The summed E-state index contributed by atoms with van der Waals surface area (Å²) in [6, 6.07) is 6.18. The molecule has 0 spiro atoms. The molecular formula is C17H26Br2N2O2. The Morgan fingerprint density at radius 2 is 1.52 bits per heavy atom. The molecule has 0 N–H and O–H groups in total. The van der Waals surface area contributed by atoms with Crippen molar-refractivity contribution in [3.05, 3.63) is 30.6 Å². The Hall–Kier alpha value is -0.850. The lowest BCUT2D eigenvalue weighted by Gasteiger charge is -2.22. The molecule has 6 heteroatoms. The zero-order valence-corrected chi connectivity index (χ0v) is 17.6. The van der Waals surface area contributed by atoms with Gasteiger partial charge >= 0.3 is 0 Å². The van der Waals surface area contributed by atoms with Gasteiger partial charge in [-0.3, -0.25) is 0 Å². The highest BCUT2D eigenvalue weighted by molar-refractivity contribution is 5.84. The van der Waals surface area contributed by atoms with E-state index in [1.54, 1.807) is 14.2 Å². The fourth-order valence-electron chi connectivity index (χ4n) is 2.43. The van der Waals surface area contributed by atoms with Gasteiger partial charge in [-0.25, -0.2) is 4.57 Å². The summed E-state index contributed by atoms with van der Waals surface area (Å²) in [6.07, 6.45) is 5.46. The standard InChI is InChI=1S/C17H26N2O2.2BrH/c1-19(2,3)10-6-8-18-9-7-14-11-16(20-4)17(21-5)12-15(14)13-18;;/h7,9,11-13H,6,8,10H2,1-5H3;2*1H/q+2;;/p-2. The van der Waals surface area contributed by atoms with Crippen molar-refractivity contribution in [1.82, 2.24) is 0 Å². The lowest BCUT2D eigenvalue weighted by atomic mass is 10.1. The summed E-state index contributed by atoms with van der Waals surface area (Å²) in [7, 11) is 10.0. The molecule has 1 aromatic carbocycles. The molecule has 0 aliphatic heterocycles. The smallest absolute Gasteiger partial charge is 0.176 e. The van der Waals surface area contributed by atoms with E-state index in [2.05, 4.69) is 44.2 Å². The molecule has 2 rings (SSSR count). The molecule has 130 valence electrons. The number of nitrogens with zero attached hydrogens (tertiary/aromatic N) is 2. The number of hydrogen-bond acceptors (Lipinski definition) is 2. The molecule has 0 atom stereocenters. The van der Waals surface area contributed by atoms with Crippen LogP contribution in [0.4, 0.5) is 0 Å². The molecule has 0 amide bonds. The highest BCUT2D eigenvalue weighted by Crippen LogP contribution is 2.31. The van der Waals surface area contributed by atoms with E-state index >= 15 is 0 Å². The van der Waals surface area contributed by atoms with E-state index in [0.717, 1.165) is 40.9 Å². The molecule has 1 heterocycles. The molecule has 2 aromatic rings. The number of aromatic nitrogens is 1. The maximum atomic E-state index is 5.37. The maximum absolute atomic E-state index is 5.37. The zero-order chi connectivity index (χ0) is 15.5. The summed E-state index contributed by atoms with van der Waals surface area (Å²) in [5.41, 5.74) is 0. The molecule has 0 aliphatic carbocycles. The minimum Gasteiger partial charge on any atom is -1.00 e. The van der Waals surface area contributed by atoms with Crippen LogP contribution in [0.3, 0.4) is 0 Å². The molecule has 0 radical (unpaired) electrons. The number of ether oxygens (including phenoxy) is 2. The first-order valence-electron chi connectivity index (χ1n) is 7.28. The number of halogens is 2. The van der Waals surface area contributed by atoms with Gasteiger partial charge in [-0.15, -0.1) is 0 Å². The second-order valence-corrected chi connectivity index (χ2v) is 6.39. The quantitative estimate of drug-likeness (QED) is 0.334. The molecule has 0 bridgehead atoms. The Bertz CT molecular complexity index is 628. The van der Waals surface area contributed by atoms with Crippen molar-refractivity contribution < 1.29 is 52.5 Å². The first-order valence-corrected chi connectivity index (χ1v) is 7.28. The van der Waals surface area contributed by atoms with Crippen molar-refractivity contribution in [2.75, 3.05) is 41.9 Å². The van der Waals surface area contributed by atoms with Crippen LogP contribution in [0.15, 0.2) is 30.6 Å². The summed E-state index contributed by atoms with van der Waals surface area (Å²) in [4.78, 5) is 0. The van der Waals surface area contributed by atoms with E-state index < -0.39 is 0 Å². The average Bonchev–Trinajstić information content (AvgIpc) is 2.44. The monoisotopic (exact) mass is 448 g/mol. The Morgan fingerprint density at radius 3 is 2.04 bits per heavy atom. The highest BCUT2D eigenvalue weighted by atomic mass is 79.9. The van der Waals surface area contributed by atoms with Crippen molar-refractivity contribution in [3.63, 3.8) is 0 Å². The van der Waals surface area contributed by atoms with Crippen LogP contribution in [0.1, 0.15) is 6.42 Å². The van der Waals surface area contributed by atoms with E-state index in [0.29, 0.717) is 0 Å². The second-order valence-electron chi connectivity index (χ2n) is 6.39. The number of rotatable bonds is 6. The van der Waals surface area contributed by atoms with Gasteiger partial charge in [-0.2, -0.15) is 0 Å². The molecule has 1 aromatic heterocycles. The summed E-state index contributed by atoms with van der Waals surface area (Å²) >= 11 is 0. The van der Waals surface area contributed by atoms with E-state index in [1.807, 2.05) is 12.1 Å². The minimum atomic E-state index is 0. The van der Waals surface area contributed by atoms with Gasteiger partial charge in [-0.1, -0.05) is 0 Å². The Labute approximate surface area is 160 Å². The lowest BCUT2D eigenvalue weighted by Crippen LogP contribution is -3.00. The van der Waals surface area contributed by atoms with Crippen LogP contribution in [0.5, 0.6) is 11.5 Å². The Balaban J connectivity index is 0.00000242. The van der Waals surface area contributed by atoms with Crippen LogP contribution in [0.2, 0.25) is 0 Å². The van der Waals surface area contributed by atoms with Gasteiger partial charge in [0.05, 0.1) is 48.3 Å². The van der Waals surface area contributed by atoms with E-state index in [-0.39, 0.29) is 34.0 Å². The molecule has 0 saturated carbocycles. The molecule has 0 saturated heterocycles. The van der Waals surface area contributed by atoms with Gasteiger partial charge in [-0.05, 0) is 17.5 Å². The predicted molar refractivity (Wildman–Crippen MR) is 84.8 cm³/mol. The van der Waals surface area contributed by atoms with E-state index in [1.165, 1.54) is 5.39 Å². The summed E-state index contributed by atoms with van der Waals surface area (Å²) in [5, 5.41) is 2.33. The van der Waals surface area contributed by atoms with Gasteiger partial charge in [0.15, 0.2) is 30.4 Å². The van der Waals surface area contributed by atoms with Crippen LogP contribution in [-0.4, -0.2) is 46.4 Å². The molecule has 0 fully saturated rings. The van der Waals surface area contributed by atoms with Crippen LogP contribution in [0, 0.1) is 0 Å². The Kier molecular flexibility index (Phi) is 9.10. The largest absolute Gasteiger partial charge is 1.00 e. The van der Waals surface area contributed by atoms with Crippen LogP contribution >= 0.6 is 0 Å². The third-order valence-electron chi connectivity index (χ3n) is 3.58. The van der Waals surface area contributed by atoms with Gasteiger partial charge in [0.2, 0.25) is 0 Å². The zero-order valence-electron chi connectivity index (χ0n) is 14.5. The van der Waals surface area contributed by atoms with E-state index in [4.69, 9.17) is 9.47 Å². The summed E-state index contributed by atoms with van der Waals surface area (Å²) in [5.74, 6) is 1.54. The average molecular weight is 450 g/mol. The summed E-state index contributed by atoms with van der Waals surface area (Å²) < 4.78 is 14.0. The van der Waals surface area contributed by atoms with Gasteiger partial charge in [0.25, 0.3) is 0 Å². The van der Waals surface area contributed by atoms with Crippen LogP contribution in [0.25, 0.3) is 10.8 Å². The van der Waals surface area contributed by atoms with Crippen molar-refractivity contribution in [2.45, 2.75) is 13.0 Å². The number of quaternary nitrogens is 1. The number of benzene rings is 1. The fourth-order valence-corrected chi connectivity index (χ4v) is 2.43. The number of pyridine rings is 1. The van der Waals surface area contributed by atoms with Crippen molar-refractivity contribution >= 4 is 10.8 Å². The number of methoxy groups -OCH3 is 2. The van der Waals surface area contributed by atoms with Crippen molar-refractivity contribution in [1.29, 1.82) is 0 Å². The third kappa shape index (κ3) is 6.28. The SMILES string of the molecule is COc1cc2cc[n+](CCC[N+](C)(C)C)cc2cc1OC.[Br-].[Br-]. The number of aryl methyl sites for hydroxylation is 1. The Morgan fingerprint density at radius 1 is 0.957 bits per heavy atom. The third-order valence-corrected chi connectivity index (χ3v) is 3.58. The summed E-state index contributed by atoms with van der Waals surface area (Å²) in [6.45, 7) is 2.19. The normalized spacial score (nSPS) is 10.7. The van der Waals surface area contributed by atoms with Gasteiger partial charge in [0, 0.05) is 11.5 Å². The predicted octanol–water partition coefficient (Wildman–Crippen LogP) is -3.75. The molecule has 0 aliphatic rings. The van der Waals surface area contributed by atoms with Gasteiger partial charge < -0.3 is 47.9 Å². The fraction of sp³-hybridized carbons (Fsp3) is 0.471. The van der Waals surface area contributed by atoms with Crippen molar-refractivity contribution in [3.8, 4) is 11.5 Å². The topological polar surface area (TPSA) is 22.3 Å². The first-order chi connectivity index (χ1) is 9.93. The number of fused-ring (bicyclic) bond motifs is 1. The maximum Gasteiger partial charge on any atom is 0.176 e. The highest BCUT2D eigenvalue weighted by Gasteiger charge is 2.11. The van der Waals surface area contributed by atoms with E-state index in [9.17, 15) is 0 Å². The minimum absolute atomic E-state index is 0. The lowest BCUT2D eigenvalue weighted by molar-refractivity contribution is -0.873. The molecule has 0 unspecified atom stereocenters. The first kappa shape index (κ1) is 22.1. The van der Waals surface area contributed by atoms with Crippen LogP contribution < -0.4 is 48.0 Å².